The lowest BCUT2D eigenvalue weighted by atomic mass is 9.74. The first-order chi connectivity index (χ1) is 9.65. The van der Waals surface area contributed by atoms with Crippen molar-refractivity contribution in [1.82, 2.24) is 0 Å². The summed E-state index contributed by atoms with van der Waals surface area (Å²) in [5, 5.41) is 4.33. The average molecular weight is 351 g/mol. The Hall–Kier alpha value is -0.990. The van der Waals surface area contributed by atoms with Crippen LogP contribution in [0.25, 0.3) is 0 Å². The molecule has 1 N–H and O–H groups in total. The fraction of sp³-hybridized carbons (Fsp3) is 0.294. The Kier molecular flexibility index (Phi) is 4.04. The minimum atomic E-state index is 0.536. The molecule has 0 heterocycles. The second-order valence-corrected chi connectivity index (χ2v) is 6.67. The first-order valence-corrected chi connectivity index (χ1v) is 8.08. The molecule has 104 valence electrons. The lowest BCUT2D eigenvalue weighted by molar-refractivity contribution is 0.373. The Morgan fingerprint density at radius 3 is 2.60 bits per heavy atom. The summed E-state index contributed by atoms with van der Waals surface area (Å²) in [6, 6.07) is 15.2. The molecule has 3 rings (SSSR count). The van der Waals surface area contributed by atoms with Crippen LogP contribution in [-0.4, -0.2) is 6.04 Å². The molecule has 1 saturated carbocycles. The zero-order valence-corrected chi connectivity index (χ0v) is 13.7. The number of nitrogens with one attached hydrogen (secondary N) is 1. The normalized spacial score (nSPS) is 21.4. The van der Waals surface area contributed by atoms with Crippen molar-refractivity contribution < 1.29 is 0 Å². The van der Waals surface area contributed by atoms with Gasteiger partial charge in [-0.1, -0.05) is 41.9 Å². The zero-order valence-electron chi connectivity index (χ0n) is 11.4. The second-order valence-electron chi connectivity index (χ2n) is 5.47. The molecule has 0 aliphatic heterocycles. The molecule has 1 nitrogen and oxygen atoms in total. The molecule has 1 aliphatic carbocycles. The van der Waals surface area contributed by atoms with Gasteiger partial charge in [-0.05, 0) is 64.9 Å². The van der Waals surface area contributed by atoms with E-state index in [4.69, 9.17) is 11.6 Å². The summed E-state index contributed by atoms with van der Waals surface area (Å²) in [6.45, 7) is 2.20. The van der Waals surface area contributed by atoms with E-state index in [1.54, 1.807) is 0 Å². The Balaban J connectivity index is 1.64. The van der Waals surface area contributed by atoms with E-state index in [0.29, 0.717) is 12.0 Å². The first-order valence-electron chi connectivity index (χ1n) is 6.91. The Bertz CT molecular complexity index is 620. The maximum absolute atomic E-state index is 6.12. The molecule has 0 spiro atoms. The minimum Gasteiger partial charge on any atom is -0.381 e. The van der Waals surface area contributed by atoms with E-state index in [0.717, 1.165) is 15.2 Å². The van der Waals surface area contributed by atoms with Gasteiger partial charge < -0.3 is 5.32 Å². The number of hydrogen-bond donors (Lipinski definition) is 1. The van der Waals surface area contributed by atoms with Crippen molar-refractivity contribution in [1.29, 1.82) is 0 Å². The molecule has 1 aliphatic rings. The number of aryl methyl sites for hydroxylation is 1. The minimum absolute atomic E-state index is 0.536. The largest absolute Gasteiger partial charge is 0.381 e. The van der Waals surface area contributed by atoms with Crippen LogP contribution < -0.4 is 5.32 Å². The molecular formula is C17H17BrClN. The highest BCUT2D eigenvalue weighted by molar-refractivity contribution is 9.10. The van der Waals surface area contributed by atoms with Gasteiger partial charge in [0.1, 0.15) is 0 Å². The Morgan fingerprint density at radius 2 is 1.85 bits per heavy atom. The van der Waals surface area contributed by atoms with Crippen LogP contribution in [0.5, 0.6) is 0 Å². The first kappa shape index (κ1) is 14.0. The molecule has 20 heavy (non-hydrogen) atoms. The van der Waals surface area contributed by atoms with Gasteiger partial charge >= 0.3 is 0 Å². The number of anilines is 1. The lowest BCUT2D eigenvalue weighted by Gasteiger charge is -2.37. The van der Waals surface area contributed by atoms with E-state index in [9.17, 15) is 0 Å². The van der Waals surface area contributed by atoms with E-state index < -0.39 is 0 Å². The van der Waals surface area contributed by atoms with Crippen LogP contribution in [0.2, 0.25) is 5.02 Å². The highest BCUT2D eigenvalue weighted by Crippen LogP contribution is 2.41. The molecule has 0 aromatic heterocycles. The summed E-state index contributed by atoms with van der Waals surface area (Å²) in [6.07, 6.45) is 2.37. The molecule has 0 radical (unpaired) electrons. The predicted octanol–water partition coefficient (Wildman–Crippen LogP) is 5.77. The van der Waals surface area contributed by atoms with Gasteiger partial charge in [-0.2, -0.15) is 0 Å². The average Bonchev–Trinajstić information content (AvgIpc) is 2.39. The zero-order chi connectivity index (χ0) is 14.1. The fourth-order valence-electron chi connectivity index (χ4n) is 2.87. The van der Waals surface area contributed by atoms with Gasteiger partial charge in [0, 0.05) is 6.04 Å². The summed E-state index contributed by atoms with van der Waals surface area (Å²) in [7, 11) is 0. The third kappa shape index (κ3) is 2.72. The molecule has 2 aromatic carbocycles. The van der Waals surface area contributed by atoms with E-state index in [1.807, 2.05) is 12.1 Å². The smallest absolute Gasteiger partial charge is 0.0593 e. The molecule has 0 amide bonds. The summed E-state index contributed by atoms with van der Waals surface area (Å²) < 4.78 is 0.959. The van der Waals surface area contributed by atoms with Gasteiger partial charge in [0.15, 0.2) is 0 Å². The third-order valence-corrected chi connectivity index (χ3v) is 5.48. The fourth-order valence-corrected chi connectivity index (χ4v) is 3.42. The second kappa shape index (κ2) is 5.79. The summed E-state index contributed by atoms with van der Waals surface area (Å²) in [5.41, 5.74) is 3.99. The standard InChI is InChI=1S/C17H17BrClN/c1-11-5-2-3-6-14(11)12-9-13(10-12)20-16-8-4-7-15(19)17(16)18/h2-8,12-13,20H,9-10H2,1H3. The molecule has 0 bridgehead atoms. The van der Waals surface area contributed by atoms with Gasteiger partial charge in [0.05, 0.1) is 15.2 Å². The van der Waals surface area contributed by atoms with Gasteiger partial charge in [-0.15, -0.1) is 0 Å². The molecule has 1 fully saturated rings. The monoisotopic (exact) mass is 349 g/mol. The number of halogens is 2. The van der Waals surface area contributed by atoms with Crippen molar-refractivity contribution in [2.24, 2.45) is 0 Å². The highest BCUT2D eigenvalue weighted by Gasteiger charge is 2.31. The van der Waals surface area contributed by atoms with Crippen molar-refractivity contribution in [2.45, 2.75) is 31.7 Å². The number of benzene rings is 2. The van der Waals surface area contributed by atoms with Crippen LogP contribution in [0.4, 0.5) is 5.69 Å². The maximum Gasteiger partial charge on any atom is 0.0593 e. The Morgan fingerprint density at radius 1 is 1.10 bits per heavy atom. The molecule has 0 saturated heterocycles. The van der Waals surface area contributed by atoms with Gasteiger partial charge in [0.25, 0.3) is 0 Å². The maximum atomic E-state index is 6.12. The molecule has 2 aromatic rings. The molecule has 0 atom stereocenters. The van der Waals surface area contributed by atoms with E-state index >= 15 is 0 Å². The van der Waals surface area contributed by atoms with Crippen LogP contribution in [-0.2, 0) is 0 Å². The van der Waals surface area contributed by atoms with Crippen LogP contribution in [0.3, 0.4) is 0 Å². The molecule has 3 heteroatoms. The van der Waals surface area contributed by atoms with Crippen LogP contribution in [0.15, 0.2) is 46.9 Å². The van der Waals surface area contributed by atoms with Crippen molar-refractivity contribution in [2.75, 3.05) is 5.32 Å². The van der Waals surface area contributed by atoms with Gasteiger partial charge in [0.2, 0.25) is 0 Å². The highest BCUT2D eigenvalue weighted by atomic mass is 79.9. The van der Waals surface area contributed by atoms with Gasteiger partial charge in [-0.3, -0.25) is 0 Å². The quantitative estimate of drug-likeness (QED) is 0.741. The number of hydrogen-bond acceptors (Lipinski definition) is 1. The van der Waals surface area contributed by atoms with Crippen LogP contribution in [0, 0.1) is 6.92 Å². The topological polar surface area (TPSA) is 12.0 Å². The van der Waals surface area contributed by atoms with E-state index in [2.05, 4.69) is 58.5 Å². The summed E-state index contributed by atoms with van der Waals surface area (Å²) in [4.78, 5) is 0. The SMILES string of the molecule is Cc1ccccc1C1CC(Nc2cccc(Cl)c2Br)C1. The van der Waals surface area contributed by atoms with E-state index in [-0.39, 0.29) is 0 Å². The van der Waals surface area contributed by atoms with Crippen molar-refractivity contribution in [3.63, 3.8) is 0 Å². The van der Waals surface area contributed by atoms with E-state index in [1.165, 1.54) is 24.0 Å². The third-order valence-electron chi connectivity index (χ3n) is 4.08. The van der Waals surface area contributed by atoms with Crippen molar-refractivity contribution in [3.8, 4) is 0 Å². The lowest BCUT2D eigenvalue weighted by Crippen LogP contribution is -2.34. The Labute approximate surface area is 133 Å². The summed E-state index contributed by atoms with van der Waals surface area (Å²) >= 11 is 9.66. The van der Waals surface area contributed by atoms with Crippen LogP contribution in [0.1, 0.15) is 29.9 Å². The predicted molar refractivity (Wildman–Crippen MR) is 89.7 cm³/mol. The van der Waals surface area contributed by atoms with Crippen molar-refractivity contribution in [3.05, 3.63) is 63.1 Å². The summed E-state index contributed by atoms with van der Waals surface area (Å²) in [5.74, 6) is 0.687. The van der Waals surface area contributed by atoms with Crippen molar-refractivity contribution >= 4 is 33.2 Å². The molecular weight excluding hydrogens is 334 g/mol. The van der Waals surface area contributed by atoms with Gasteiger partial charge in [-0.25, -0.2) is 0 Å². The van der Waals surface area contributed by atoms with Crippen LogP contribution >= 0.6 is 27.5 Å². The number of rotatable bonds is 3. The molecule has 0 unspecified atom stereocenters.